The highest BCUT2D eigenvalue weighted by molar-refractivity contribution is 7.23. The quantitative estimate of drug-likeness (QED) is 0.338. The minimum atomic E-state index is -1.26. The van der Waals surface area contributed by atoms with E-state index in [2.05, 4.69) is 20.4 Å². The first-order chi connectivity index (χ1) is 21.2. The zero-order valence-electron chi connectivity index (χ0n) is 25.0. The number of carboxylic acids is 2. The Morgan fingerprint density at radius 1 is 0.864 bits per heavy atom. The third-order valence-corrected chi connectivity index (χ3v) is 9.43. The van der Waals surface area contributed by atoms with Crippen LogP contribution in [0.15, 0.2) is 36.4 Å². The Labute approximate surface area is 260 Å². The average Bonchev–Trinajstić information content (AvgIpc) is 3.68. The first-order valence-electron chi connectivity index (χ1n) is 15.2. The maximum absolute atomic E-state index is 13.7. The van der Waals surface area contributed by atoms with Crippen LogP contribution in [0.4, 0.5) is 9.80 Å². The maximum Gasteiger partial charge on any atom is 0.328 e. The first-order valence-corrected chi connectivity index (χ1v) is 16.0. The molecule has 1 aromatic heterocycles. The second-order valence-electron chi connectivity index (χ2n) is 11.2. The van der Waals surface area contributed by atoms with Crippen LogP contribution in [0.5, 0.6) is 0 Å². The Balaban J connectivity index is 0.000000488. The van der Waals surface area contributed by atoms with Crippen molar-refractivity contribution in [1.82, 2.24) is 20.0 Å². The fourth-order valence-electron chi connectivity index (χ4n) is 6.13. The number of amides is 4. The van der Waals surface area contributed by atoms with E-state index >= 15 is 0 Å². The van der Waals surface area contributed by atoms with Gasteiger partial charge in [-0.3, -0.25) is 19.8 Å². The van der Waals surface area contributed by atoms with Gasteiger partial charge in [0.05, 0.1) is 5.56 Å². The van der Waals surface area contributed by atoms with Crippen molar-refractivity contribution < 1.29 is 34.2 Å². The lowest BCUT2D eigenvalue weighted by atomic mass is 9.99. The Hall–Kier alpha value is -3.97. The number of carboxylic acid groups (broad SMARTS) is 2. The summed E-state index contributed by atoms with van der Waals surface area (Å²) in [5.41, 5.74) is 0.592. The largest absolute Gasteiger partial charge is 0.478 e. The van der Waals surface area contributed by atoms with Gasteiger partial charge < -0.3 is 25.3 Å². The summed E-state index contributed by atoms with van der Waals surface area (Å²) in [6.07, 6.45) is 7.67. The van der Waals surface area contributed by atoms with Gasteiger partial charge >= 0.3 is 18.0 Å². The number of hydrogen-bond donors (Lipinski definition) is 4. The molecule has 2 aromatic rings. The minimum absolute atomic E-state index is 0.0177. The monoisotopic (exact) mass is 627 g/mol. The van der Waals surface area contributed by atoms with Crippen LogP contribution in [0.3, 0.4) is 0 Å². The number of aliphatic carboxylic acids is 2. The van der Waals surface area contributed by atoms with E-state index in [0.29, 0.717) is 54.3 Å². The summed E-state index contributed by atoms with van der Waals surface area (Å²) in [7, 11) is 0. The Morgan fingerprint density at radius 3 is 2.07 bits per heavy atom. The van der Waals surface area contributed by atoms with Gasteiger partial charge in [0, 0.05) is 80.0 Å². The Morgan fingerprint density at radius 2 is 1.48 bits per heavy atom. The van der Waals surface area contributed by atoms with Crippen LogP contribution in [-0.2, 0) is 14.4 Å². The van der Waals surface area contributed by atoms with Crippen LogP contribution in [0.1, 0.15) is 55.8 Å². The van der Waals surface area contributed by atoms with E-state index in [1.165, 1.54) is 24.2 Å². The highest BCUT2D eigenvalue weighted by Gasteiger charge is 2.34. The average molecular weight is 628 g/mol. The highest BCUT2D eigenvalue weighted by Crippen LogP contribution is 2.37. The number of benzene rings is 1. The highest BCUT2D eigenvalue weighted by atomic mass is 32.1. The number of fused-ring (bicyclic) bond motifs is 1. The van der Waals surface area contributed by atoms with E-state index < -0.39 is 11.9 Å². The molecule has 2 aliphatic heterocycles. The van der Waals surface area contributed by atoms with Crippen LogP contribution in [0, 0.1) is 5.92 Å². The van der Waals surface area contributed by atoms with Gasteiger partial charge in [-0.25, -0.2) is 14.4 Å². The predicted octanol–water partition coefficient (Wildman–Crippen LogP) is 3.69. The number of carbonyl (C=O) groups excluding carboxylic acids is 3. The van der Waals surface area contributed by atoms with Crippen LogP contribution >= 0.6 is 11.3 Å². The van der Waals surface area contributed by atoms with Gasteiger partial charge in [0.25, 0.3) is 5.91 Å². The van der Waals surface area contributed by atoms with Gasteiger partial charge in [-0.05, 0) is 38.7 Å². The van der Waals surface area contributed by atoms with E-state index in [1.54, 1.807) is 0 Å². The molecular weight excluding hydrogens is 586 g/mol. The van der Waals surface area contributed by atoms with Gasteiger partial charge in [0.15, 0.2) is 0 Å². The number of piperazine rings is 1. The summed E-state index contributed by atoms with van der Waals surface area (Å²) in [6, 6.07) is 8.02. The molecule has 0 spiro atoms. The SMILES string of the molecule is CCNC(=O)Nc1sc2ccccc2c1C(=O)N1CCN(C2CCN(C(=O)C3CCCC3)CC2)CC1.O=C(O)/C=C\C(=O)O. The predicted molar refractivity (Wildman–Crippen MR) is 168 cm³/mol. The van der Waals surface area contributed by atoms with Crippen molar-refractivity contribution in [1.29, 1.82) is 0 Å². The van der Waals surface area contributed by atoms with Gasteiger partial charge in [-0.2, -0.15) is 0 Å². The summed E-state index contributed by atoms with van der Waals surface area (Å²) in [6.45, 7) is 7.13. The molecule has 3 heterocycles. The normalized spacial score (nSPS) is 18.2. The smallest absolute Gasteiger partial charge is 0.328 e. The number of piperidine rings is 1. The number of anilines is 1. The number of hydrogen-bond acceptors (Lipinski definition) is 7. The molecule has 0 atom stereocenters. The van der Waals surface area contributed by atoms with Crippen molar-refractivity contribution in [3.05, 3.63) is 42.0 Å². The molecule has 5 rings (SSSR count). The molecule has 3 aliphatic rings. The molecule has 0 radical (unpaired) electrons. The van der Waals surface area contributed by atoms with Crippen molar-refractivity contribution >= 4 is 56.2 Å². The molecule has 1 aliphatic carbocycles. The summed E-state index contributed by atoms with van der Waals surface area (Å²) < 4.78 is 0.991. The van der Waals surface area contributed by atoms with Crippen LogP contribution in [-0.4, -0.2) is 107 Å². The number of nitrogens with zero attached hydrogens (tertiary/aromatic N) is 3. The van der Waals surface area contributed by atoms with E-state index in [4.69, 9.17) is 10.2 Å². The van der Waals surface area contributed by atoms with Crippen LogP contribution < -0.4 is 10.6 Å². The number of thiophene rings is 1. The molecule has 44 heavy (non-hydrogen) atoms. The van der Waals surface area contributed by atoms with Crippen molar-refractivity contribution in [2.75, 3.05) is 51.1 Å². The van der Waals surface area contributed by atoms with Gasteiger partial charge in [-0.15, -0.1) is 11.3 Å². The van der Waals surface area contributed by atoms with Gasteiger partial charge in [0.1, 0.15) is 5.00 Å². The molecule has 12 nitrogen and oxygen atoms in total. The Bertz CT molecular complexity index is 1350. The maximum atomic E-state index is 13.7. The molecule has 4 N–H and O–H groups in total. The zero-order chi connectivity index (χ0) is 31.6. The lowest BCUT2D eigenvalue weighted by Gasteiger charge is -2.43. The molecule has 2 saturated heterocycles. The molecule has 0 unspecified atom stereocenters. The molecule has 0 bridgehead atoms. The van der Waals surface area contributed by atoms with Gasteiger partial charge in [-0.1, -0.05) is 31.0 Å². The fraction of sp³-hybridized carbons (Fsp3) is 0.516. The van der Waals surface area contributed by atoms with Crippen molar-refractivity contribution in [3.63, 3.8) is 0 Å². The topological polar surface area (TPSA) is 160 Å². The van der Waals surface area contributed by atoms with Crippen molar-refractivity contribution in [2.45, 2.75) is 51.5 Å². The summed E-state index contributed by atoms with van der Waals surface area (Å²) >= 11 is 1.44. The molecular formula is C31H41N5O7S. The number of carbonyl (C=O) groups is 5. The fourth-order valence-corrected chi connectivity index (χ4v) is 7.22. The van der Waals surface area contributed by atoms with E-state index in [-0.39, 0.29) is 17.9 Å². The zero-order valence-corrected chi connectivity index (χ0v) is 25.8. The molecule has 238 valence electrons. The Kier molecular flexibility index (Phi) is 11.7. The molecule has 13 heteroatoms. The number of likely N-dealkylation sites (tertiary alicyclic amines) is 1. The molecule has 3 fully saturated rings. The molecule has 1 aromatic carbocycles. The van der Waals surface area contributed by atoms with Gasteiger partial charge in [0.2, 0.25) is 5.91 Å². The van der Waals surface area contributed by atoms with Crippen LogP contribution in [0.2, 0.25) is 0 Å². The second kappa shape index (κ2) is 15.7. The third-order valence-electron chi connectivity index (χ3n) is 8.34. The summed E-state index contributed by atoms with van der Waals surface area (Å²) in [5, 5.41) is 22.8. The third kappa shape index (κ3) is 8.56. The van der Waals surface area contributed by atoms with E-state index in [9.17, 15) is 24.0 Å². The summed E-state index contributed by atoms with van der Waals surface area (Å²) in [4.78, 5) is 64.3. The first kappa shape index (κ1) is 32.9. The van der Waals surface area contributed by atoms with Crippen molar-refractivity contribution in [2.24, 2.45) is 5.92 Å². The number of rotatable bonds is 7. The second-order valence-corrected chi connectivity index (χ2v) is 12.2. The molecule has 1 saturated carbocycles. The lowest BCUT2D eigenvalue weighted by molar-refractivity contribution is -0.137. The van der Waals surface area contributed by atoms with Crippen molar-refractivity contribution in [3.8, 4) is 0 Å². The standard InChI is InChI=1S/C27H37N5O3S.C4H4O4/c1-2-28-27(35)29-24-23(21-9-5-6-10-22(21)36-24)26(34)32-17-15-30(16-18-32)20-11-13-31(14-12-20)25(33)19-7-3-4-8-19;5-3(6)1-2-4(7)8/h5-6,9-10,19-20H,2-4,7-8,11-18H2,1H3,(H2,28,29,35);1-2H,(H,5,6)(H,7,8)/b;2-1-. The lowest BCUT2D eigenvalue weighted by Crippen LogP contribution is -2.55. The van der Waals surface area contributed by atoms with Crippen LogP contribution in [0.25, 0.3) is 10.1 Å². The minimum Gasteiger partial charge on any atom is -0.478 e. The summed E-state index contributed by atoms with van der Waals surface area (Å²) in [5.74, 6) is -1.89. The van der Waals surface area contributed by atoms with E-state index in [0.717, 1.165) is 61.9 Å². The molecule has 4 amide bonds. The number of urea groups is 1. The number of nitrogens with one attached hydrogen (secondary N) is 2. The van der Waals surface area contributed by atoms with E-state index in [1.807, 2.05) is 36.1 Å².